The topological polar surface area (TPSA) is 73.8 Å². The Hall–Kier alpha value is -2.24. The van der Waals surface area contributed by atoms with Crippen molar-refractivity contribution in [3.63, 3.8) is 0 Å². The van der Waals surface area contributed by atoms with E-state index in [4.69, 9.17) is 0 Å². The number of pyridine rings is 1. The molecule has 15 heavy (non-hydrogen) atoms. The summed E-state index contributed by atoms with van der Waals surface area (Å²) in [6.45, 7) is 1.81. The van der Waals surface area contributed by atoms with Crippen LogP contribution in [0.15, 0.2) is 30.7 Å². The van der Waals surface area contributed by atoms with Gasteiger partial charge in [-0.25, -0.2) is 9.97 Å². The van der Waals surface area contributed by atoms with Crippen molar-refractivity contribution in [2.24, 2.45) is 0 Å². The highest BCUT2D eigenvalue weighted by Gasteiger charge is 2.08. The quantitative estimate of drug-likeness (QED) is 0.548. The van der Waals surface area contributed by atoms with Crippen molar-refractivity contribution in [2.75, 3.05) is 0 Å². The van der Waals surface area contributed by atoms with Crippen LogP contribution in [0.4, 0.5) is 5.69 Å². The number of imidazole rings is 1. The molecule has 6 heteroatoms. The third-order valence-corrected chi connectivity index (χ3v) is 2.01. The van der Waals surface area contributed by atoms with Crippen molar-refractivity contribution >= 4 is 5.69 Å². The monoisotopic (exact) mass is 204 g/mol. The number of hydrogen-bond donors (Lipinski definition) is 0. The Bertz CT molecular complexity index is 506. The zero-order valence-corrected chi connectivity index (χ0v) is 7.99. The van der Waals surface area contributed by atoms with Gasteiger partial charge >= 0.3 is 0 Å². The first kappa shape index (κ1) is 9.32. The van der Waals surface area contributed by atoms with E-state index >= 15 is 0 Å². The Balaban J connectivity index is 2.50. The lowest BCUT2D eigenvalue weighted by Crippen LogP contribution is -1.99. The summed E-state index contributed by atoms with van der Waals surface area (Å²) in [5.41, 5.74) is 0.0214. The van der Waals surface area contributed by atoms with Crippen LogP contribution in [-0.2, 0) is 0 Å². The molecule has 0 aliphatic carbocycles. The van der Waals surface area contributed by atoms with Gasteiger partial charge in [0, 0.05) is 24.7 Å². The third kappa shape index (κ3) is 1.69. The molecule has 0 N–H and O–H groups in total. The Morgan fingerprint density at radius 3 is 2.80 bits per heavy atom. The van der Waals surface area contributed by atoms with Gasteiger partial charge in [-0.1, -0.05) is 0 Å². The third-order valence-electron chi connectivity index (χ3n) is 2.01. The fraction of sp³-hybridized carbons (Fsp3) is 0.111. The van der Waals surface area contributed by atoms with E-state index in [1.807, 2.05) is 0 Å². The van der Waals surface area contributed by atoms with Gasteiger partial charge in [0.15, 0.2) is 0 Å². The summed E-state index contributed by atoms with van der Waals surface area (Å²) in [7, 11) is 0. The van der Waals surface area contributed by atoms with Gasteiger partial charge in [0.1, 0.15) is 11.6 Å². The van der Waals surface area contributed by atoms with E-state index in [-0.39, 0.29) is 5.69 Å². The zero-order valence-electron chi connectivity index (χ0n) is 7.99. The number of rotatable bonds is 2. The summed E-state index contributed by atoms with van der Waals surface area (Å²) in [5.74, 6) is 1.24. The molecule has 0 unspecified atom stereocenters. The molecule has 0 amide bonds. The van der Waals surface area contributed by atoms with Gasteiger partial charge in [-0.3, -0.25) is 14.7 Å². The number of nitro groups is 1. The minimum atomic E-state index is -0.447. The Kier molecular flexibility index (Phi) is 2.17. The van der Waals surface area contributed by atoms with E-state index in [9.17, 15) is 10.1 Å². The normalized spacial score (nSPS) is 10.2. The summed E-state index contributed by atoms with van der Waals surface area (Å²) in [5, 5.41) is 10.6. The zero-order chi connectivity index (χ0) is 10.8. The molecule has 0 bridgehead atoms. The Labute approximate surface area is 85.4 Å². The van der Waals surface area contributed by atoms with Gasteiger partial charge in [0.05, 0.1) is 11.0 Å². The highest BCUT2D eigenvalue weighted by molar-refractivity contribution is 5.37. The molecule has 2 aromatic heterocycles. The maximum Gasteiger partial charge on any atom is 0.274 e. The molecular weight excluding hydrogens is 196 g/mol. The SMILES string of the molecule is Cc1nccn1-c1cc([N+](=O)[O-])ccn1. The smallest absolute Gasteiger partial charge is 0.274 e. The molecular formula is C9H8N4O2. The molecule has 76 valence electrons. The summed E-state index contributed by atoms with van der Waals surface area (Å²) in [6.07, 6.45) is 4.74. The molecule has 0 aliphatic heterocycles. The van der Waals surface area contributed by atoms with E-state index in [1.165, 1.54) is 18.3 Å². The van der Waals surface area contributed by atoms with Crippen LogP contribution >= 0.6 is 0 Å². The molecule has 2 heterocycles. The van der Waals surface area contributed by atoms with E-state index in [0.717, 1.165) is 5.82 Å². The number of nitrogens with zero attached hydrogens (tertiary/aromatic N) is 4. The average molecular weight is 204 g/mol. The van der Waals surface area contributed by atoms with E-state index in [0.29, 0.717) is 5.82 Å². The van der Waals surface area contributed by atoms with Crippen molar-refractivity contribution < 1.29 is 4.92 Å². The van der Waals surface area contributed by atoms with Crippen LogP contribution in [0.3, 0.4) is 0 Å². The minimum absolute atomic E-state index is 0.0214. The van der Waals surface area contributed by atoms with Crippen molar-refractivity contribution in [3.05, 3.63) is 46.7 Å². The first-order chi connectivity index (χ1) is 7.18. The van der Waals surface area contributed by atoms with Crippen molar-refractivity contribution in [2.45, 2.75) is 6.92 Å². The second-order valence-electron chi connectivity index (χ2n) is 2.97. The second-order valence-corrected chi connectivity index (χ2v) is 2.97. The number of hydrogen-bond acceptors (Lipinski definition) is 4. The molecule has 6 nitrogen and oxygen atoms in total. The van der Waals surface area contributed by atoms with Crippen molar-refractivity contribution in [1.82, 2.24) is 14.5 Å². The summed E-state index contributed by atoms with van der Waals surface area (Å²) < 4.78 is 1.69. The summed E-state index contributed by atoms with van der Waals surface area (Å²) >= 11 is 0. The minimum Gasteiger partial charge on any atom is -0.288 e. The van der Waals surface area contributed by atoms with Crippen LogP contribution < -0.4 is 0 Å². The van der Waals surface area contributed by atoms with E-state index in [2.05, 4.69) is 9.97 Å². The summed E-state index contributed by atoms with van der Waals surface area (Å²) in [4.78, 5) is 18.2. The van der Waals surface area contributed by atoms with Crippen LogP contribution in [0.2, 0.25) is 0 Å². The Morgan fingerprint density at radius 2 is 2.20 bits per heavy atom. The molecule has 0 aliphatic rings. The van der Waals surface area contributed by atoms with Gasteiger partial charge in [-0.15, -0.1) is 0 Å². The number of aromatic nitrogens is 3. The van der Waals surface area contributed by atoms with Crippen LogP contribution in [0, 0.1) is 17.0 Å². The Morgan fingerprint density at radius 1 is 1.40 bits per heavy atom. The number of aryl methyl sites for hydroxylation is 1. The molecule has 0 saturated heterocycles. The van der Waals surface area contributed by atoms with Gasteiger partial charge in [-0.2, -0.15) is 0 Å². The lowest BCUT2D eigenvalue weighted by Gasteiger charge is -2.02. The van der Waals surface area contributed by atoms with Crippen LogP contribution in [0.25, 0.3) is 5.82 Å². The lowest BCUT2D eigenvalue weighted by atomic mass is 10.4. The van der Waals surface area contributed by atoms with Crippen LogP contribution in [0.1, 0.15) is 5.82 Å². The largest absolute Gasteiger partial charge is 0.288 e. The summed E-state index contributed by atoms with van der Waals surface area (Å²) in [6, 6.07) is 2.77. The molecule has 0 spiro atoms. The predicted molar refractivity (Wildman–Crippen MR) is 52.8 cm³/mol. The fourth-order valence-corrected chi connectivity index (χ4v) is 1.27. The van der Waals surface area contributed by atoms with E-state index in [1.54, 1.807) is 23.9 Å². The average Bonchev–Trinajstić information content (AvgIpc) is 2.64. The van der Waals surface area contributed by atoms with Crippen molar-refractivity contribution in [3.8, 4) is 5.82 Å². The second kappa shape index (κ2) is 3.49. The highest BCUT2D eigenvalue weighted by Crippen LogP contribution is 2.14. The standard InChI is InChI=1S/C9H8N4O2/c1-7-10-4-5-12(7)9-6-8(13(14)15)2-3-11-9/h2-6H,1H3. The molecule has 0 aromatic carbocycles. The van der Waals surface area contributed by atoms with Crippen molar-refractivity contribution in [1.29, 1.82) is 0 Å². The first-order valence-corrected chi connectivity index (χ1v) is 4.29. The fourth-order valence-electron chi connectivity index (χ4n) is 1.27. The molecule has 0 radical (unpaired) electrons. The van der Waals surface area contributed by atoms with Crippen LogP contribution in [-0.4, -0.2) is 19.5 Å². The molecule has 0 fully saturated rings. The molecule has 2 aromatic rings. The van der Waals surface area contributed by atoms with Gasteiger partial charge in [0.25, 0.3) is 5.69 Å². The highest BCUT2D eigenvalue weighted by atomic mass is 16.6. The molecule has 2 rings (SSSR count). The molecule has 0 saturated carbocycles. The van der Waals surface area contributed by atoms with Gasteiger partial charge in [0.2, 0.25) is 0 Å². The van der Waals surface area contributed by atoms with Gasteiger partial charge in [-0.05, 0) is 6.92 Å². The maximum atomic E-state index is 10.6. The van der Waals surface area contributed by atoms with Gasteiger partial charge < -0.3 is 0 Å². The predicted octanol–water partition coefficient (Wildman–Crippen LogP) is 1.48. The van der Waals surface area contributed by atoms with E-state index < -0.39 is 4.92 Å². The van der Waals surface area contributed by atoms with Crippen LogP contribution in [0.5, 0.6) is 0 Å². The first-order valence-electron chi connectivity index (χ1n) is 4.29. The molecule has 0 atom stereocenters. The lowest BCUT2D eigenvalue weighted by molar-refractivity contribution is -0.384. The maximum absolute atomic E-state index is 10.6.